The van der Waals surface area contributed by atoms with Crippen LogP contribution in [0, 0.1) is 23.2 Å². The molecule has 2 amide bonds. The number of nitrogens with one attached hydrogen (secondary N) is 2. The van der Waals surface area contributed by atoms with E-state index >= 15 is 0 Å². The molecule has 174 valence electrons. The molecule has 6 rings (SSSR count). The summed E-state index contributed by atoms with van der Waals surface area (Å²) < 4.78 is 5.28. The van der Waals surface area contributed by atoms with Crippen LogP contribution in [0.5, 0.6) is 5.75 Å². The Morgan fingerprint density at radius 3 is 1.94 bits per heavy atom. The highest BCUT2D eigenvalue weighted by Crippen LogP contribution is 2.60. The van der Waals surface area contributed by atoms with Gasteiger partial charge in [-0.15, -0.1) is 0 Å². The maximum atomic E-state index is 13.4. The zero-order valence-electron chi connectivity index (χ0n) is 19.6. The predicted molar refractivity (Wildman–Crippen MR) is 128 cm³/mol. The number of methoxy groups -OCH3 is 1. The lowest BCUT2D eigenvalue weighted by Gasteiger charge is -2.55. The standard InChI is InChI=1S/C28H34N2O3/c1-18(29-27(32)28-15-19-12-20(16-28)14-21(13-19)17-28)26(31)30-25(22-6-4-3-5-7-22)23-8-10-24(33-2)11-9-23/h3-11,18-21,25H,12-17H2,1-2H3,(H,29,32)(H,30,31). The van der Waals surface area contributed by atoms with E-state index in [0.717, 1.165) is 36.1 Å². The highest BCUT2D eigenvalue weighted by atomic mass is 16.5. The number of ether oxygens (including phenoxy) is 1. The van der Waals surface area contributed by atoms with Gasteiger partial charge in [-0.3, -0.25) is 9.59 Å². The van der Waals surface area contributed by atoms with Crippen molar-refractivity contribution in [2.45, 2.75) is 57.5 Å². The average Bonchev–Trinajstić information content (AvgIpc) is 2.82. The Kier molecular flexibility index (Phi) is 5.90. The fourth-order valence-electron chi connectivity index (χ4n) is 6.87. The summed E-state index contributed by atoms with van der Waals surface area (Å²) in [5, 5.41) is 6.26. The van der Waals surface area contributed by atoms with Gasteiger partial charge in [-0.1, -0.05) is 42.5 Å². The van der Waals surface area contributed by atoms with E-state index in [9.17, 15) is 9.59 Å². The molecule has 2 N–H and O–H groups in total. The van der Waals surface area contributed by atoms with E-state index in [1.807, 2.05) is 54.6 Å². The molecule has 0 aromatic heterocycles. The van der Waals surface area contributed by atoms with Crippen LogP contribution in [0.3, 0.4) is 0 Å². The molecule has 5 heteroatoms. The Morgan fingerprint density at radius 1 is 0.848 bits per heavy atom. The van der Waals surface area contributed by atoms with Gasteiger partial charge in [0.05, 0.1) is 13.2 Å². The number of hydrogen-bond acceptors (Lipinski definition) is 3. The highest BCUT2D eigenvalue weighted by molar-refractivity contribution is 5.90. The molecule has 4 aliphatic carbocycles. The molecule has 2 atom stereocenters. The fourth-order valence-corrected chi connectivity index (χ4v) is 6.87. The molecule has 0 aliphatic heterocycles. The van der Waals surface area contributed by atoms with Crippen molar-refractivity contribution < 1.29 is 14.3 Å². The third kappa shape index (κ3) is 4.38. The Bertz CT molecular complexity index is 966. The molecule has 0 spiro atoms. The molecule has 0 heterocycles. The molecule has 4 aliphatic rings. The van der Waals surface area contributed by atoms with Crippen molar-refractivity contribution in [1.82, 2.24) is 10.6 Å². The van der Waals surface area contributed by atoms with Gasteiger partial charge in [-0.2, -0.15) is 0 Å². The summed E-state index contributed by atoms with van der Waals surface area (Å²) in [5.41, 5.74) is 1.71. The summed E-state index contributed by atoms with van der Waals surface area (Å²) in [6, 6.07) is 16.8. The van der Waals surface area contributed by atoms with Gasteiger partial charge < -0.3 is 15.4 Å². The van der Waals surface area contributed by atoms with Crippen molar-refractivity contribution >= 4 is 11.8 Å². The van der Waals surface area contributed by atoms with Gasteiger partial charge in [0.1, 0.15) is 11.8 Å². The van der Waals surface area contributed by atoms with Crippen LogP contribution in [-0.4, -0.2) is 25.0 Å². The smallest absolute Gasteiger partial charge is 0.243 e. The molecule has 2 unspecified atom stereocenters. The zero-order valence-corrected chi connectivity index (χ0v) is 19.6. The quantitative estimate of drug-likeness (QED) is 0.652. The van der Waals surface area contributed by atoms with Crippen molar-refractivity contribution in [3.63, 3.8) is 0 Å². The number of hydrogen-bond donors (Lipinski definition) is 2. The number of rotatable bonds is 7. The van der Waals surface area contributed by atoms with E-state index in [-0.39, 0.29) is 23.3 Å². The van der Waals surface area contributed by atoms with Crippen LogP contribution < -0.4 is 15.4 Å². The second kappa shape index (κ2) is 8.85. The third-order valence-electron chi connectivity index (χ3n) is 8.13. The Morgan fingerprint density at radius 2 is 1.39 bits per heavy atom. The van der Waals surface area contributed by atoms with Gasteiger partial charge in [0.25, 0.3) is 0 Å². The highest BCUT2D eigenvalue weighted by Gasteiger charge is 2.54. The molecule has 4 saturated carbocycles. The molecule has 33 heavy (non-hydrogen) atoms. The van der Waals surface area contributed by atoms with Crippen LogP contribution >= 0.6 is 0 Å². The van der Waals surface area contributed by atoms with Gasteiger partial charge in [0.2, 0.25) is 11.8 Å². The SMILES string of the molecule is COc1ccc(C(NC(=O)C(C)NC(=O)C23CC4CC(CC(C4)C2)C3)c2ccccc2)cc1. The lowest BCUT2D eigenvalue weighted by molar-refractivity contribution is -0.148. The Labute approximate surface area is 196 Å². The lowest BCUT2D eigenvalue weighted by atomic mass is 9.49. The molecule has 4 fully saturated rings. The van der Waals surface area contributed by atoms with Crippen LogP contribution in [0.15, 0.2) is 54.6 Å². The van der Waals surface area contributed by atoms with Gasteiger partial charge in [0, 0.05) is 5.41 Å². The van der Waals surface area contributed by atoms with E-state index in [0.29, 0.717) is 17.8 Å². The molecule has 0 saturated heterocycles. The van der Waals surface area contributed by atoms with E-state index in [4.69, 9.17) is 4.74 Å². The zero-order chi connectivity index (χ0) is 23.0. The van der Waals surface area contributed by atoms with Crippen LogP contribution in [0.25, 0.3) is 0 Å². The van der Waals surface area contributed by atoms with E-state index in [1.54, 1.807) is 14.0 Å². The van der Waals surface area contributed by atoms with Crippen molar-refractivity contribution in [2.24, 2.45) is 23.2 Å². The van der Waals surface area contributed by atoms with Crippen molar-refractivity contribution in [3.8, 4) is 5.75 Å². The van der Waals surface area contributed by atoms with Crippen molar-refractivity contribution in [3.05, 3.63) is 65.7 Å². The first-order valence-corrected chi connectivity index (χ1v) is 12.3. The van der Waals surface area contributed by atoms with Crippen molar-refractivity contribution in [2.75, 3.05) is 7.11 Å². The Hall–Kier alpha value is -2.82. The molecule has 5 nitrogen and oxygen atoms in total. The molecule has 2 aromatic carbocycles. The summed E-state index contributed by atoms with van der Waals surface area (Å²) in [6.07, 6.45) is 6.88. The molecular weight excluding hydrogens is 412 g/mol. The van der Waals surface area contributed by atoms with Crippen molar-refractivity contribution in [1.29, 1.82) is 0 Å². The summed E-state index contributed by atoms with van der Waals surface area (Å²) in [7, 11) is 1.64. The minimum atomic E-state index is -0.588. The first-order chi connectivity index (χ1) is 16.0. The second-order valence-electron chi connectivity index (χ2n) is 10.5. The summed E-state index contributed by atoms with van der Waals surface area (Å²) in [4.78, 5) is 26.6. The summed E-state index contributed by atoms with van der Waals surface area (Å²) in [5.74, 6) is 2.78. The number of carbonyl (C=O) groups is 2. The first-order valence-electron chi connectivity index (χ1n) is 12.3. The van der Waals surface area contributed by atoms with E-state index in [1.165, 1.54) is 19.3 Å². The van der Waals surface area contributed by atoms with Crippen LogP contribution in [-0.2, 0) is 9.59 Å². The lowest BCUT2D eigenvalue weighted by Crippen LogP contribution is -2.56. The summed E-state index contributed by atoms with van der Waals surface area (Å²) >= 11 is 0. The maximum Gasteiger partial charge on any atom is 0.243 e. The monoisotopic (exact) mass is 446 g/mol. The molecular formula is C28H34N2O3. The van der Waals surface area contributed by atoms with Gasteiger partial charge >= 0.3 is 0 Å². The largest absolute Gasteiger partial charge is 0.497 e. The van der Waals surface area contributed by atoms with Gasteiger partial charge in [0.15, 0.2) is 0 Å². The van der Waals surface area contributed by atoms with Gasteiger partial charge in [-0.05, 0) is 86.5 Å². The van der Waals surface area contributed by atoms with E-state index < -0.39 is 6.04 Å². The van der Waals surface area contributed by atoms with Gasteiger partial charge in [-0.25, -0.2) is 0 Å². The minimum absolute atomic E-state index is 0.0879. The summed E-state index contributed by atoms with van der Waals surface area (Å²) in [6.45, 7) is 1.80. The number of benzene rings is 2. The molecule has 2 aromatic rings. The topological polar surface area (TPSA) is 67.4 Å². The number of amides is 2. The second-order valence-corrected chi connectivity index (χ2v) is 10.5. The molecule has 0 radical (unpaired) electrons. The molecule has 4 bridgehead atoms. The average molecular weight is 447 g/mol. The number of carbonyl (C=O) groups excluding carboxylic acids is 2. The normalized spacial score (nSPS) is 29.2. The maximum absolute atomic E-state index is 13.4. The van der Waals surface area contributed by atoms with Crippen LogP contribution in [0.4, 0.5) is 0 Å². The fraction of sp³-hybridized carbons (Fsp3) is 0.500. The first kappa shape index (κ1) is 22.0. The Balaban J connectivity index is 1.29. The minimum Gasteiger partial charge on any atom is -0.497 e. The van der Waals surface area contributed by atoms with Crippen LogP contribution in [0.1, 0.15) is 62.6 Å². The van der Waals surface area contributed by atoms with Crippen LogP contribution in [0.2, 0.25) is 0 Å². The third-order valence-corrected chi connectivity index (χ3v) is 8.13. The van der Waals surface area contributed by atoms with E-state index in [2.05, 4.69) is 10.6 Å². The predicted octanol–water partition coefficient (Wildman–Crippen LogP) is 4.62.